The van der Waals surface area contributed by atoms with Crippen molar-refractivity contribution in [2.24, 2.45) is 0 Å². The van der Waals surface area contributed by atoms with Crippen LogP contribution in [0.4, 0.5) is 0 Å². The fourth-order valence-corrected chi connectivity index (χ4v) is 0.542. The molecule has 90 valence electrons. The standard InChI is InChI=1S/C7H12O4.C2H6OS/c1-3-10-6(8)5-7(9)11-4-2;1-4(2)3/h3-5H2,1-2H3;1-2H3. The van der Waals surface area contributed by atoms with Crippen LogP contribution in [0.25, 0.3) is 0 Å². The molecule has 0 aromatic heterocycles. The van der Waals surface area contributed by atoms with E-state index in [-0.39, 0.29) is 19.6 Å². The molecule has 0 saturated heterocycles. The fraction of sp³-hybridized carbons (Fsp3) is 0.778. The largest absolute Gasteiger partial charge is 0.466 e. The first-order valence-electron chi connectivity index (χ1n) is 4.50. The van der Waals surface area contributed by atoms with Gasteiger partial charge in [-0.15, -0.1) is 0 Å². The molecular formula is C9H18O5S. The smallest absolute Gasteiger partial charge is 0.317 e. The number of esters is 2. The summed E-state index contributed by atoms with van der Waals surface area (Å²) >= 11 is 0. The summed E-state index contributed by atoms with van der Waals surface area (Å²) in [6, 6.07) is 0. The minimum absolute atomic E-state index is 0.290. The van der Waals surface area contributed by atoms with Crippen LogP contribution >= 0.6 is 0 Å². The van der Waals surface area contributed by atoms with Crippen molar-refractivity contribution in [2.75, 3.05) is 25.7 Å². The van der Waals surface area contributed by atoms with Gasteiger partial charge < -0.3 is 9.47 Å². The first-order valence-corrected chi connectivity index (χ1v) is 6.46. The average molecular weight is 238 g/mol. The van der Waals surface area contributed by atoms with E-state index in [4.69, 9.17) is 0 Å². The predicted molar refractivity (Wildman–Crippen MR) is 57.9 cm³/mol. The molecule has 0 aliphatic heterocycles. The summed E-state index contributed by atoms with van der Waals surface area (Å²) in [5, 5.41) is 0. The molecule has 0 aromatic rings. The number of carbonyl (C=O) groups is 2. The first kappa shape index (κ1) is 16.5. The highest BCUT2D eigenvalue weighted by molar-refractivity contribution is 7.83. The molecule has 0 aromatic carbocycles. The van der Waals surface area contributed by atoms with E-state index in [1.807, 2.05) is 0 Å². The second kappa shape index (κ2) is 11.2. The van der Waals surface area contributed by atoms with Gasteiger partial charge in [0.05, 0.1) is 13.2 Å². The molecule has 0 heterocycles. The first-order chi connectivity index (χ1) is 6.93. The Kier molecular flexibility index (Phi) is 12.3. The minimum atomic E-state index is -0.611. The number of hydrogen-bond acceptors (Lipinski definition) is 5. The van der Waals surface area contributed by atoms with Crippen molar-refractivity contribution in [3.63, 3.8) is 0 Å². The van der Waals surface area contributed by atoms with Crippen molar-refractivity contribution in [1.29, 1.82) is 0 Å². The summed E-state index contributed by atoms with van der Waals surface area (Å²) in [7, 11) is -0.611. The Morgan fingerprint density at radius 1 is 1.00 bits per heavy atom. The van der Waals surface area contributed by atoms with Crippen LogP contribution in [-0.4, -0.2) is 41.9 Å². The van der Waals surface area contributed by atoms with Crippen LogP contribution in [0.1, 0.15) is 20.3 Å². The van der Waals surface area contributed by atoms with Gasteiger partial charge in [0.25, 0.3) is 0 Å². The van der Waals surface area contributed by atoms with Gasteiger partial charge in [-0.05, 0) is 13.8 Å². The number of carbonyl (C=O) groups excluding carboxylic acids is 2. The minimum Gasteiger partial charge on any atom is -0.466 e. The lowest BCUT2D eigenvalue weighted by molar-refractivity contribution is -0.153. The lowest BCUT2D eigenvalue weighted by Crippen LogP contribution is -2.13. The molecule has 0 fully saturated rings. The van der Waals surface area contributed by atoms with Crippen LogP contribution in [0, 0.1) is 0 Å². The number of rotatable bonds is 4. The van der Waals surface area contributed by atoms with Gasteiger partial charge in [-0.1, -0.05) is 0 Å². The number of ether oxygens (including phenoxy) is 2. The molecule has 0 rings (SSSR count). The molecule has 0 bridgehead atoms. The Hall–Kier alpha value is -0.910. The van der Waals surface area contributed by atoms with Crippen molar-refractivity contribution in [2.45, 2.75) is 20.3 Å². The fourth-order valence-electron chi connectivity index (χ4n) is 0.542. The molecule has 0 radical (unpaired) electrons. The third-order valence-electron chi connectivity index (χ3n) is 0.899. The summed E-state index contributed by atoms with van der Waals surface area (Å²) in [5.74, 6) is -1.07. The molecule has 15 heavy (non-hydrogen) atoms. The van der Waals surface area contributed by atoms with E-state index in [0.29, 0.717) is 0 Å². The highest BCUT2D eigenvalue weighted by Crippen LogP contribution is 1.89. The van der Waals surface area contributed by atoms with Crippen LogP contribution in [-0.2, 0) is 29.9 Å². The SMILES string of the molecule is CCOC(=O)CC(=O)OCC.CS(C)=O. The van der Waals surface area contributed by atoms with Crippen molar-refractivity contribution in [3.8, 4) is 0 Å². The Balaban J connectivity index is 0. The summed E-state index contributed by atoms with van der Waals surface area (Å²) in [6.07, 6.45) is 2.99. The van der Waals surface area contributed by atoms with Crippen LogP contribution in [0.15, 0.2) is 0 Å². The summed E-state index contributed by atoms with van der Waals surface area (Å²) in [4.78, 5) is 21.2. The van der Waals surface area contributed by atoms with E-state index in [0.717, 1.165) is 0 Å². The maximum absolute atomic E-state index is 10.6. The van der Waals surface area contributed by atoms with E-state index in [1.165, 1.54) is 0 Å². The Bertz CT molecular complexity index is 195. The molecule has 6 heteroatoms. The second-order valence-corrected chi connectivity index (χ2v) is 4.01. The predicted octanol–water partition coefficient (Wildman–Crippen LogP) is 0.497. The zero-order valence-corrected chi connectivity index (χ0v) is 10.4. The molecule has 0 unspecified atom stereocenters. The van der Waals surface area contributed by atoms with Gasteiger partial charge in [0, 0.05) is 23.3 Å². The summed E-state index contributed by atoms with van der Waals surface area (Å²) < 4.78 is 18.6. The average Bonchev–Trinajstić information content (AvgIpc) is 2.03. The van der Waals surface area contributed by atoms with Crippen LogP contribution in [0.3, 0.4) is 0 Å². The van der Waals surface area contributed by atoms with Gasteiger partial charge >= 0.3 is 11.9 Å². The van der Waals surface area contributed by atoms with E-state index in [2.05, 4.69) is 9.47 Å². The van der Waals surface area contributed by atoms with Crippen molar-refractivity contribution < 1.29 is 23.3 Å². The lowest BCUT2D eigenvalue weighted by Gasteiger charge is -2.00. The van der Waals surface area contributed by atoms with Gasteiger partial charge in [-0.25, -0.2) is 0 Å². The Morgan fingerprint density at radius 3 is 1.47 bits per heavy atom. The molecule has 5 nitrogen and oxygen atoms in total. The maximum Gasteiger partial charge on any atom is 0.317 e. The molecule has 0 spiro atoms. The second-order valence-electron chi connectivity index (χ2n) is 2.53. The third kappa shape index (κ3) is 19.5. The van der Waals surface area contributed by atoms with Crippen molar-refractivity contribution in [3.05, 3.63) is 0 Å². The number of hydrogen-bond donors (Lipinski definition) is 0. The molecule has 0 saturated carbocycles. The topological polar surface area (TPSA) is 69.7 Å². The molecule has 0 aliphatic rings. The Morgan fingerprint density at radius 2 is 1.27 bits per heavy atom. The maximum atomic E-state index is 10.6. The molecule has 0 atom stereocenters. The van der Waals surface area contributed by atoms with Crippen LogP contribution in [0.5, 0.6) is 0 Å². The molecular weight excluding hydrogens is 220 g/mol. The van der Waals surface area contributed by atoms with Gasteiger partial charge in [0.15, 0.2) is 0 Å². The quantitative estimate of drug-likeness (QED) is 0.527. The monoisotopic (exact) mass is 238 g/mol. The van der Waals surface area contributed by atoms with Crippen molar-refractivity contribution >= 4 is 22.7 Å². The van der Waals surface area contributed by atoms with Gasteiger partial charge in [-0.3, -0.25) is 13.8 Å². The summed E-state index contributed by atoms with van der Waals surface area (Å²) in [5.41, 5.74) is 0. The zero-order chi connectivity index (χ0) is 12.3. The third-order valence-corrected chi connectivity index (χ3v) is 0.899. The zero-order valence-electron chi connectivity index (χ0n) is 9.57. The van der Waals surface area contributed by atoms with Gasteiger partial charge in [0.2, 0.25) is 0 Å². The highest BCUT2D eigenvalue weighted by Gasteiger charge is 2.09. The Labute approximate surface area is 92.6 Å². The van der Waals surface area contributed by atoms with Gasteiger partial charge in [0.1, 0.15) is 6.42 Å². The van der Waals surface area contributed by atoms with Crippen LogP contribution in [0.2, 0.25) is 0 Å². The van der Waals surface area contributed by atoms with Gasteiger partial charge in [-0.2, -0.15) is 0 Å². The summed E-state index contributed by atoms with van der Waals surface area (Å²) in [6.45, 7) is 3.95. The normalized spacial score (nSPS) is 8.87. The molecule has 0 N–H and O–H groups in total. The van der Waals surface area contributed by atoms with E-state index >= 15 is 0 Å². The lowest BCUT2D eigenvalue weighted by atomic mass is 10.4. The van der Waals surface area contributed by atoms with E-state index in [1.54, 1.807) is 26.4 Å². The van der Waals surface area contributed by atoms with Crippen LogP contribution < -0.4 is 0 Å². The molecule has 0 amide bonds. The molecule has 0 aliphatic carbocycles. The van der Waals surface area contributed by atoms with Crippen molar-refractivity contribution in [1.82, 2.24) is 0 Å². The van der Waals surface area contributed by atoms with E-state index < -0.39 is 22.7 Å². The highest BCUT2D eigenvalue weighted by atomic mass is 32.2. The van der Waals surface area contributed by atoms with E-state index in [9.17, 15) is 13.8 Å².